The van der Waals surface area contributed by atoms with Crippen molar-refractivity contribution in [1.29, 1.82) is 0 Å². The molecule has 1 atom stereocenters. The van der Waals surface area contributed by atoms with Gasteiger partial charge in [0.15, 0.2) is 0 Å². The molecular weight excluding hydrogens is 92.1 g/mol. The fraction of sp³-hybridized carbons (Fsp3) is 1.00. The fourth-order valence-corrected chi connectivity index (χ4v) is 0.341. The highest BCUT2D eigenvalue weighted by atomic mass is 15.8. The van der Waals surface area contributed by atoms with Gasteiger partial charge in [0.2, 0.25) is 0 Å². The Balaban J connectivity index is 2.45. The molecule has 1 aliphatic heterocycles. The maximum Gasteiger partial charge on any atom is 0.140 e. The predicted octanol–water partition coefficient (Wildman–Crippen LogP) is 0.150. The third-order valence-electron chi connectivity index (χ3n) is 0.988. The summed E-state index contributed by atoms with van der Waals surface area (Å²) in [6.07, 6.45) is 0.194. The molecular formula is C3H8N4. The maximum absolute atomic E-state index is 3.76. The van der Waals surface area contributed by atoms with Crippen LogP contribution in [0.4, 0.5) is 0 Å². The summed E-state index contributed by atoms with van der Waals surface area (Å²) in [4.78, 5) is 0. The van der Waals surface area contributed by atoms with Crippen LogP contribution in [0, 0.1) is 0 Å². The number of hydrogen-bond donors (Lipinski definition) is 1. The SMILES string of the molecule is C[C@@H]1N=NNN1C. The van der Waals surface area contributed by atoms with Crippen molar-refractivity contribution in [3.8, 4) is 0 Å². The maximum atomic E-state index is 3.76. The van der Waals surface area contributed by atoms with E-state index >= 15 is 0 Å². The zero-order valence-electron chi connectivity index (χ0n) is 4.42. The first-order valence-corrected chi connectivity index (χ1v) is 2.19. The molecule has 40 valence electrons. The lowest BCUT2D eigenvalue weighted by Gasteiger charge is -2.08. The fourth-order valence-electron chi connectivity index (χ4n) is 0.341. The van der Waals surface area contributed by atoms with Crippen LogP contribution < -0.4 is 5.53 Å². The van der Waals surface area contributed by atoms with E-state index in [4.69, 9.17) is 0 Å². The number of rotatable bonds is 0. The van der Waals surface area contributed by atoms with Gasteiger partial charge in [-0.05, 0) is 6.92 Å². The molecule has 0 saturated carbocycles. The van der Waals surface area contributed by atoms with Crippen molar-refractivity contribution in [1.82, 2.24) is 10.5 Å². The number of hydrogen-bond acceptors (Lipinski definition) is 4. The summed E-state index contributed by atoms with van der Waals surface area (Å²) in [5.74, 6) is 0. The standard InChI is InChI=1S/C3H8N4/c1-3-4-5-6-7(3)2/h3H,1-2H3,(H,4,6)/t3-/m1/s1. The van der Waals surface area contributed by atoms with Crippen molar-refractivity contribution in [2.75, 3.05) is 7.05 Å². The van der Waals surface area contributed by atoms with Crippen molar-refractivity contribution in [2.24, 2.45) is 10.3 Å². The summed E-state index contributed by atoms with van der Waals surface area (Å²) in [5.41, 5.74) is 2.66. The first-order valence-electron chi connectivity index (χ1n) is 2.19. The van der Waals surface area contributed by atoms with Crippen LogP contribution in [0.5, 0.6) is 0 Å². The Morgan fingerprint density at radius 3 is 2.57 bits per heavy atom. The van der Waals surface area contributed by atoms with Gasteiger partial charge in [-0.25, -0.2) is 5.53 Å². The Morgan fingerprint density at radius 1 is 1.71 bits per heavy atom. The van der Waals surface area contributed by atoms with E-state index in [9.17, 15) is 0 Å². The second kappa shape index (κ2) is 1.46. The molecule has 0 aromatic rings. The Labute approximate surface area is 42.2 Å². The molecule has 0 fully saturated rings. The van der Waals surface area contributed by atoms with Crippen LogP contribution in [0.3, 0.4) is 0 Å². The highest BCUT2D eigenvalue weighted by Gasteiger charge is 2.09. The summed E-state index contributed by atoms with van der Waals surface area (Å²) >= 11 is 0. The van der Waals surface area contributed by atoms with Crippen LogP contribution in [-0.2, 0) is 0 Å². The Hall–Kier alpha value is -0.640. The minimum absolute atomic E-state index is 0.194. The quantitative estimate of drug-likeness (QED) is 0.470. The molecule has 0 aromatic carbocycles. The molecule has 0 aromatic heterocycles. The average Bonchev–Trinajstić information content (AvgIpc) is 1.91. The molecule has 0 unspecified atom stereocenters. The highest BCUT2D eigenvalue weighted by Crippen LogP contribution is 1.98. The molecule has 1 aliphatic rings. The second-order valence-electron chi connectivity index (χ2n) is 1.56. The predicted molar refractivity (Wildman–Crippen MR) is 25.2 cm³/mol. The van der Waals surface area contributed by atoms with Crippen LogP contribution in [0.25, 0.3) is 0 Å². The van der Waals surface area contributed by atoms with Gasteiger partial charge < -0.3 is 0 Å². The Morgan fingerprint density at radius 2 is 2.43 bits per heavy atom. The molecule has 7 heavy (non-hydrogen) atoms. The van der Waals surface area contributed by atoms with E-state index in [1.54, 1.807) is 0 Å². The monoisotopic (exact) mass is 100 g/mol. The van der Waals surface area contributed by atoms with Crippen LogP contribution in [0.2, 0.25) is 0 Å². The van der Waals surface area contributed by atoms with Gasteiger partial charge in [-0.2, -0.15) is 5.01 Å². The minimum atomic E-state index is 0.194. The molecule has 0 saturated heterocycles. The van der Waals surface area contributed by atoms with E-state index in [-0.39, 0.29) is 6.17 Å². The minimum Gasteiger partial charge on any atom is -0.220 e. The zero-order chi connectivity index (χ0) is 5.28. The molecule has 4 heteroatoms. The van der Waals surface area contributed by atoms with Crippen molar-refractivity contribution >= 4 is 0 Å². The molecule has 0 aliphatic carbocycles. The van der Waals surface area contributed by atoms with Gasteiger partial charge in [0.05, 0.1) is 0 Å². The lowest BCUT2D eigenvalue weighted by atomic mass is 10.6. The van der Waals surface area contributed by atoms with Gasteiger partial charge in [0.1, 0.15) is 6.17 Å². The Bertz CT molecular complexity index is 88.9. The largest absolute Gasteiger partial charge is 0.220 e. The summed E-state index contributed by atoms with van der Waals surface area (Å²) in [6.45, 7) is 1.96. The smallest absolute Gasteiger partial charge is 0.140 e. The third-order valence-corrected chi connectivity index (χ3v) is 0.988. The molecule has 1 heterocycles. The van der Waals surface area contributed by atoms with Gasteiger partial charge in [-0.1, -0.05) is 5.22 Å². The van der Waals surface area contributed by atoms with E-state index in [2.05, 4.69) is 15.9 Å². The summed E-state index contributed by atoms with van der Waals surface area (Å²) in [7, 11) is 1.89. The molecule has 4 nitrogen and oxygen atoms in total. The van der Waals surface area contributed by atoms with Crippen LogP contribution in [0.1, 0.15) is 6.92 Å². The van der Waals surface area contributed by atoms with Gasteiger partial charge in [0.25, 0.3) is 0 Å². The van der Waals surface area contributed by atoms with Gasteiger partial charge in [-0.15, -0.1) is 5.11 Å². The summed E-state index contributed by atoms with van der Waals surface area (Å²) < 4.78 is 0. The van der Waals surface area contributed by atoms with Crippen LogP contribution in [0.15, 0.2) is 10.3 Å². The molecule has 0 spiro atoms. The lowest BCUT2D eigenvalue weighted by molar-refractivity contribution is 0.233. The summed E-state index contributed by atoms with van der Waals surface area (Å²) in [5, 5.41) is 9.12. The van der Waals surface area contributed by atoms with Crippen molar-refractivity contribution < 1.29 is 0 Å². The van der Waals surface area contributed by atoms with Gasteiger partial charge in [-0.3, -0.25) is 0 Å². The number of hydrazine groups is 1. The topological polar surface area (TPSA) is 40.0 Å². The first-order chi connectivity index (χ1) is 3.30. The van der Waals surface area contributed by atoms with E-state index in [0.29, 0.717) is 0 Å². The van der Waals surface area contributed by atoms with Crippen molar-refractivity contribution in [3.63, 3.8) is 0 Å². The zero-order valence-corrected chi connectivity index (χ0v) is 4.42. The molecule has 1 N–H and O–H groups in total. The van der Waals surface area contributed by atoms with Crippen molar-refractivity contribution in [3.05, 3.63) is 0 Å². The highest BCUT2D eigenvalue weighted by molar-refractivity contribution is 4.54. The number of nitrogens with zero attached hydrogens (tertiary/aromatic N) is 3. The van der Waals surface area contributed by atoms with Crippen LogP contribution >= 0.6 is 0 Å². The van der Waals surface area contributed by atoms with Crippen LogP contribution in [-0.4, -0.2) is 18.2 Å². The second-order valence-corrected chi connectivity index (χ2v) is 1.56. The van der Waals surface area contributed by atoms with Gasteiger partial charge >= 0.3 is 0 Å². The van der Waals surface area contributed by atoms with E-state index in [1.165, 1.54) is 0 Å². The Kier molecular flexibility index (Phi) is 0.941. The van der Waals surface area contributed by atoms with E-state index in [1.807, 2.05) is 19.0 Å². The molecule has 0 bridgehead atoms. The number of nitrogens with one attached hydrogen (secondary N) is 1. The molecule has 0 amide bonds. The van der Waals surface area contributed by atoms with E-state index in [0.717, 1.165) is 0 Å². The molecule has 1 rings (SSSR count). The molecule has 0 radical (unpaired) electrons. The summed E-state index contributed by atoms with van der Waals surface area (Å²) in [6, 6.07) is 0. The normalized spacial score (nSPS) is 30.9. The van der Waals surface area contributed by atoms with E-state index < -0.39 is 0 Å². The first kappa shape index (κ1) is 4.52. The third kappa shape index (κ3) is 0.691. The lowest BCUT2D eigenvalue weighted by Crippen LogP contribution is -2.30. The van der Waals surface area contributed by atoms with Gasteiger partial charge in [0, 0.05) is 7.05 Å². The average molecular weight is 100 g/mol. The van der Waals surface area contributed by atoms with Crippen molar-refractivity contribution in [2.45, 2.75) is 13.1 Å².